The van der Waals surface area contributed by atoms with Gasteiger partial charge in [-0.1, -0.05) is 35.9 Å². The fourth-order valence-electron chi connectivity index (χ4n) is 2.43. The van der Waals surface area contributed by atoms with Crippen molar-refractivity contribution in [3.63, 3.8) is 0 Å². The van der Waals surface area contributed by atoms with Gasteiger partial charge in [0.25, 0.3) is 5.91 Å². The van der Waals surface area contributed by atoms with Gasteiger partial charge >= 0.3 is 0 Å². The van der Waals surface area contributed by atoms with Gasteiger partial charge in [0.1, 0.15) is 16.5 Å². The molecule has 128 valence electrons. The van der Waals surface area contributed by atoms with Gasteiger partial charge in [0.2, 0.25) is 0 Å². The van der Waals surface area contributed by atoms with E-state index in [1.807, 2.05) is 48.5 Å². The number of benzene rings is 2. The van der Waals surface area contributed by atoms with Gasteiger partial charge in [0.05, 0.1) is 12.7 Å². The molecule has 0 bridgehead atoms. The second-order valence-electron chi connectivity index (χ2n) is 5.37. The average molecular weight is 373 g/mol. The van der Waals surface area contributed by atoms with E-state index in [2.05, 4.69) is 10.3 Å². The number of aromatic nitrogens is 1. The summed E-state index contributed by atoms with van der Waals surface area (Å²) >= 11 is 7.38. The Morgan fingerprint density at radius 3 is 2.88 bits per heavy atom. The molecule has 0 radical (unpaired) electrons. The number of ether oxygens (including phenoxy) is 1. The van der Waals surface area contributed by atoms with Crippen LogP contribution in [0.3, 0.4) is 0 Å². The molecule has 1 N–H and O–H groups in total. The summed E-state index contributed by atoms with van der Waals surface area (Å²) in [6.07, 6.45) is 0.718. The van der Waals surface area contributed by atoms with Gasteiger partial charge < -0.3 is 10.1 Å². The van der Waals surface area contributed by atoms with Crippen molar-refractivity contribution >= 4 is 28.8 Å². The number of carbonyl (C=O) groups is 1. The predicted octanol–water partition coefficient (Wildman–Crippen LogP) is 4.44. The topological polar surface area (TPSA) is 51.2 Å². The van der Waals surface area contributed by atoms with Gasteiger partial charge in [-0.05, 0) is 36.2 Å². The van der Waals surface area contributed by atoms with Crippen molar-refractivity contribution in [2.24, 2.45) is 0 Å². The normalized spacial score (nSPS) is 10.5. The van der Waals surface area contributed by atoms with Gasteiger partial charge in [-0.3, -0.25) is 4.79 Å². The minimum atomic E-state index is -0.181. The third-order valence-electron chi connectivity index (χ3n) is 3.66. The lowest BCUT2D eigenvalue weighted by atomic mass is 10.1. The van der Waals surface area contributed by atoms with Gasteiger partial charge in [0.15, 0.2) is 0 Å². The molecule has 0 atom stereocenters. The number of nitrogens with one attached hydrogen (secondary N) is 1. The molecular weight excluding hydrogens is 356 g/mol. The highest BCUT2D eigenvalue weighted by molar-refractivity contribution is 7.13. The maximum Gasteiger partial charge on any atom is 0.270 e. The number of amides is 1. The number of para-hydroxylation sites is 1. The lowest BCUT2D eigenvalue weighted by Gasteiger charge is -2.05. The van der Waals surface area contributed by atoms with Gasteiger partial charge in [-0.2, -0.15) is 0 Å². The Labute approximate surface area is 155 Å². The van der Waals surface area contributed by atoms with Crippen LogP contribution in [-0.2, 0) is 6.42 Å². The molecule has 0 aliphatic carbocycles. The highest BCUT2D eigenvalue weighted by Crippen LogP contribution is 2.31. The molecule has 3 aromatic rings. The number of hydrogen-bond acceptors (Lipinski definition) is 4. The van der Waals surface area contributed by atoms with E-state index >= 15 is 0 Å². The molecule has 1 amide bonds. The number of carbonyl (C=O) groups excluding carboxylic acids is 1. The van der Waals surface area contributed by atoms with Crippen LogP contribution < -0.4 is 10.1 Å². The van der Waals surface area contributed by atoms with Crippen LogP contribution in [0.1, 0.15) is 16.1 Å². The van der Waals surface area contributed by atoms with E-state index < -0.39 is 0 Å². The zero-order chi connectivity index (χ0) is 17.6. The fourth-order valence-corrected chi connectivity index (χ4v) is 3.47. The van der Waals surface area contributed by atoms with E-state index in [4.69, 9.17) is 16.3 Å². The van der Waals surface area contributed by atoms with Crippen molar-refractivity contribution in [3.8, 4) is 16.3 Å². The second kappa shape index (κ2) is 8.14. The Bertz CT molecular complexity index is 879. The van der Waals surface area contributed by atoms with Crippen molar-refractivity contribution < 1.29 is 9.53 Å². The number of rotatable bonds is 6. The first-order chi connectivity index (χ1) is 12.2. The minimum absolute atomic E-state index is 0.181. The van der Waals surface area contributed by atoms with Crippen LogP contribution in [0.5, 0.6) is 5.75 Å². The quantitative estimate of drug-likeness (QED) is 0.695. The molecule has 3 rings (SSSR count). The summed E-state index contributed by atoms with van der Waals surface area (Å²) in [5.41, 5.74) is 2.38. The van der Waals surface area contributed by atoms with Crippen LogP contribution >= 0.6 is 22.9 Å². The molecule has 0 aliphatic rings. The summed E-state index contributed by atoms with van der Waals surface area (Å²) in [6, 6.07) is 15.2. The van der Waals surface area contributed by atoms with Crippen molar-refractivity contribution in [1.82, 2.24) is 10.3 Å². The number of methoxy groups -OCH3 is 1. The molecule has 0 aliphatic heterocycles. The van der Waals surface area contributed by atoms with E-state index in [1.54, 1.807) is 12.5 Å². The summed E-state index contributed by atoms with van der Waals surface area (Å²) in [5, 5.41) is 6.11. The molecule has 0 unspecified atom stereocenters. The third kappa shape index (κ3) is 4.38. The molecule has 1 heterocycles. The summed E-state index contributed by atoms with van der Waals surface area (Å²) in [4.78, 5) is 16.7. The van der Waals surface area contributed by atoms with E-state index in [1.165, 1.54) is 11.3 Å². The first-order valence-corrected chi connectivity index (χ1v) is 9.04. The van der Waals surface area contributed by atoms with E-state index in [0.717, 1.165) is 28.3 Å². The smallest absolute Gasteiger partial charge is 0.270 e. The molecule has 0 spiro atoms. The molecule has 4 nitrogen and oxygen atoms in total. The maximum absolute atomic E-state index is 12.3. The SMILES string of the molecule is COc1ccccc1-c1nc(C(=O)NCCc2cccc(Cl)c2)cs1. The maximum atomic E-state index is 12.3. The summed E-state index contributed by atoms with van der Waals surface area (Å²) in [7, 11) is 1.62. The predicted molar refractivity (Wildman–Crippen MR) is 102 cm³/mol. The molecule has 0 fully saturated rings. The van der Waals surface area contributed by atoms with Crippen molar-refractivity contribution in [3.05, 3.63) is 70.2 Å². The Kier molecular flexibility index (Phi) is 5.68. The number of nitrogens with zero attached hydrogens (tertiary/aromatic N) is 1. The van der Waals surface area contributed by atoms with Gasteiger partial charge in [-0.15, -0.1) is 11.3 Å². The zero-order valence-corrected chi connectivity index (χ0v) is 15.2. The first-order valence-electron chi connectivity index (χ1n) is 7.79. The van der Waals surface area contributed by atoms with E-state index in [9.17, 15) is 4.79 Å². The largest absolute Gasteiger partial charge is 0.496 e. The highest BCUT2D eigenvalue weighted by Gasteiger charge is 2.14. The number of halogens is 1. The second-order valence-corrected chi connectivity index (χ2v) is 6.67. The fraction of sp³-hybridized carbons (Fsp3) is 0.158. The lowest BCUT2D eigenvalue weighted by Crippen LogP contribution is -2.25. The Hall–Kier alpha value is -2.37. The molecule has 0 saturated carbocycles. The average Bonchev–Trinajstić information content (AvgIpc) is 3.12. The van der Waals surface area contributed by atoms with E-state index in [-0.39, 0.29) is 5.91 Å². The molecular formula is C19H17ClN2O2S. The van der Waals surface area contributed by atoms with Crippen molar-refractivity contribution in [2.75, 3.05) is 13.7 Å². The first kappa shape index (κ1) is 17.5. The van der Waals surface area contributed by atoms with Crippen LogP contribution in [0.4, 0.5) is 0 Å². The summed E-state index contributed by atoms with van der Waals surface area (Å²) < 4.78 is 5.35. The standard InChI is InChI=1S/C19H17ClN2O2S/c1-24-17-8-3-2-7-15(17)19-22-16(12-25-19)18(23)21-10-9-13-5-4-6-14(20)11-13/h2-8,11-12H,9-10H2,1H3,(H,21,23). The monoisotopic (exact) mass is 372 g/mol. The van der Waals surface area contributed by atoms with Crippen molar-refractivity contribution in [2.45, 2.75) is 6.42 Å². The molecule has 2 aromatic carbocycles. The molecule has 1 aromatic heterocycles. The summed E-state index contributed by atoms with van der Waals surface area (Å²) in [5.74, 6) is 0.559. The number of thiazole rings is 1. The number of hydrogen-bond donors (Lipinski definition) is 1. The Morgan fingerprint density at radius 2 is 2.08 bits per heavy atom. The Balaban J connectivity index is 1.63. The zero-order valence-electron chi connectivity index (χ0n) is 13.7. The van der Waals surface area contributed by atoms with Gasteiger partial charge in [-0.25, -0.2) is 4.98 Å². The third-order valence-corrected chi connectivity index (χ3v) is 4.77. The molecule has 25 heavy (non-hydrogen) atoms. The lowest BCUT2D eigenvalue weighted by molar-refractivity contribution is 0.0950. The van der Waals surface area contributed by atoms with Crippen LogP contribution in [0.25, 0.3) is 10.6 Å². The van der Waals surface area contributed by atoms with Crippen LogP contribution in [-0.4, -0.2) is 24.5 Å². The van der Waals surface area contributed by atoms with Crippen LogP contribution in [0.15, 0.2) is 53.9 Å². The van der Waals surface area contributed by atoms with Crippen molar-refractivity contribution in [1.29, 1.82) is 0 Å². The molecule has 6 heteroatoms. The van der Waals surface area contributed by atoms with Crippen LogP contribution in [0.2, 0.25) is 5.02 Å². The van der Waals surface area contributed by atoms with Crippen LogP contribution in [0, 0.1) is 0 Å². The highest BCUT2D eigenvalue weighted by atomic mass is 35.5. The Morgan fingerprint density at radius 1 is 1.24 bits per heavy atom. The molecule has 0 saturated heterocycles. The van der Waals surface area contributed by atoms with Gasteiger partial charge in [0, 0.05) is 16.9 Å². The van der Waals surface area contributed by atoms with E-state index in [0.29, 0.717) is 17.3 Å². The summed E-state index contributed by atoms with van der Waals surface area (Å²) in [6.45, 7) is 0.528. The minimum Gasteiger partial charge on any atom is -0.496 e.